The summed E-state index contributed by atoms with van der Waals surface area (Å²) in [6.07, 6.45) is -6.40. The van der Waals surface area contributed by atoms with Crippen molar-refractivity contribution >= 4 is 5.97 Å². The Morgan fingerprint density at radius 2 is 1.91 bits per heavy atom. The largest absolute Gasteiger partial charge is 0.504 e. The van der Waals surface area contributed by atoms with E-state index in [0.717, 1.165) is 0 Å². The molecule has 0 amide bonds. The number of esters is 1. The number of carbonyl (C=O) groups excluding carboxylic acids is 1. The number of aliphatic hydroxyl groups excluding tert-OH is 4. The minimum absolute atomic E-state index is 0.0472. The van der Waals surface area contributed by atoms with Crippen LogP contribution >= 0.6 is 0 Å². The number of carbonyl (C=O) groups is 1. The van der Waals surface area contributed by atoms with Crippen molar-refractivity contribution in [1.29, 1.82) is 0 Å². The lowest BCUT2D eigenvalue weighted by molar-refractivity contribution is -0.346. The molecule has 2 fully saturated rings. The van der Waals surface area contributed by atoms with Crippen molar-refractivity contribution in [3.63, 3.8) is 0 Å². The lowest BCUT2D eigenvalue weighted by Crippen LogP contribution is -2.60. The van der Waals surface area contributed by atoms with Crippen LogP contribution < -0.4 is 4.74 Å². The lowest BCUT2D eigenvalue weighted by Gasteiger charge is -2.43. The van der Waals surface area contributed by atoms with E-state index in [2.05, 4.69) is 0 Å². The molecule has 2 heterocycles. The molecule has 1 aromatic rings. The summed E-state index contributed by atoms with van der Waals surface area (Å²) in [5.41, 5.74) is -1.28. The summed E-state index contributed by atoms with van der Waals surface area (Å²) in [7, 11) is 1.35. The summed E-state index contributed by atoms with van der Waals surface area (Å²) in [4.78, 5) is 12.8. The van der Waals surface area contributed by atoms with Crippen LogP contribution in [0.1, 0.15) is 23.7 Å². The average molecular weight is 498 g/mol. The fourth-order valence-corrected chi connectivity index (χ4v) is 4.90. The average Bonchev–Trinajstić information content (AvgIpc) is 3.09. The quantitative estimate of drug-likeness (QED) is 0.263. The van der Waals surface area contributed by atoms with Crippen molar-refractivity contribution in [2.75, 3.05) is 13.7 Å². The third-order valence-electron chi connectivity index (χ3n) is 6.77. The molecule has 194 valence electrons. The summed E-state index contributed by atoms with van der Waals surface area (Å²) < 4.78 is 27.4. The molecule has 9 unspecified atom stereocenters. The van der Waals surface area contributed by atoms with Gasteiger partial charge in [0.2, 0.25) is 6.29 Å². The first-order valence-corrected chi connectivity index (χ1v) is 11.2. The summed E-state index contributed by atoms with van der Waals surface area (Å²) in [6.45, 7) is 0.911. The van der Waals surface area contributed by atoms with Crippen molar-refractivity contribution in [1.82, 2.24) is 0 Å². The van der Waals surface area contributed by atoms with E-state index in [1.54, 1.807) is 6.08 Å². The van der Waals surface area contributed by atoms with Gasteiger partial charge in [0, 0.05) is 12.3 Å². The monoisotopic (exact) mass is 498 g/mol. The van der Waals surface area contributed by atoms with Crippen LogP contribution in [0.25, 0.3) is 0 Å². The Morgan fingerprint density at radius 3 is 2.60 bits per heavy atom. The van der Waals surface area contributed by atoms with Gasteiger partial charge in [-0.3, -0.25) is 0 Å². The highest BCUT2D eigenvalue weighted by molar-refractivity contribution is 5.90. The number of rotatable bonds is 6. The van der Waals surface area contributed by atoms with E-state index < -0.39 is 73.1 Å². The Bertz CT molecular complexity index is 946. The van der Waals surface area contributed by atoms with Gasteiger partial charge in [-0.1, -0.05) is 0 Å². The number of fused-ring (bicyclic) bond motifs is 1. The third-order valence-corrected chi connectivity index (χ3v) is 6.77. The van der Waals surface area contributed by atoms with Crippen LogP contribution in [0.5, 0.6) is 11.5 Å². The second-order valence-electron chi connectivity index (χ2n) is 9.16. The second kappa shape index (κ2) is 9.90. The van der Waals surface area contributed by atoms with Gasteiger partial charge in [-0.15, -0.1) is 0 Å². The van der Waals surface area contributed by atoms with Gasteiger partial charge in [0.1, 0.15) is 30.5 Å². The van der Waals surface area contributed by atoms with Crippen molar-refractivity contribution in [3.8, 4) is 11.5 Å². The Balaban J connectivity index is 1.50. The van der Waals surface area contributed by atoms with Crippen molar-refractivity contribution < 1.29 is 59.1 Å². The molecule has 12 heteroatoms. The number of aliphatic hydroxyl groups is 5. The predicted molar refractivity (Wildman–Crippen MR) is 115 cm³/mol. The van der Waals surface area contributed by atoms with Crippen LogP contribution in [0.4, 0.5) is 0 Å². The van der Waals surface area contributed by atoms with Crippen LogP contribution in [0.15, 0.2) is 30.5 Å². The standard InChI is InChI=1S/C23H30O12/c1-23(30)8-14(33-20(29)10-3-4-12(25)13(7-10)31-2)11-5-6-32-21(16(11)23)35-22-19(28)18(27)17(26)15(9-24)34-22/h3-7,11,14-19,21-22,24-28,30H,8-9H2,1-2H3/t11?,14?,15?,16?,17?,18?,19?,21?,22?,23-/m0/s1. The van der Waals surface area contributed by atoms with Crippen LogP contribution in [0, 0.1) is 11.8 Å². The number of aromatic hydroxyl groups is 1. The molecule has 6 N–H and O–H groups in total. The van der Waals surface area contributed by atoms with E-state index in [4.69, 9.17) is 23.7 Å². The maximum absolute atomic E-state index is 12.8. The smallest absolute Gasteiger partial charge is 0.338 e. The van der Waals surface area contributed by atoms with Crippen LogP contribution in [0.3, 0.4) is 0 Å². The van der Waals surface area contributed by atoms with E-state index in [-0.39, 0.29) is 23.5 Å². The first-order chi connectivity index (χ1) is 16.6. The van der Waals surface area contributed by atoms with Gasteiger partial charge >= 0.3 is 5.97 Å². The van der Waals surface area contributed by atoms with Crippen molar-refractivity contribution in [2.24, 2.45) is 11.8 Å². The molecular formula is C23H30O12. The van der Waals surface area contributed by atoms with Gasteiger partial charge < -0.3 is 54.3 Å². The highest BCUT2D eigenvalue weighted by Gasteiger charge is 2.58. The summed E-state index contributed by atoms with van der Waals surface area (Å²) in [6, 6.07) is 4.03. The van der Waals surface area contributed by atoms with Gasteiger partial charge in [0.15, 0.2) is 17.8 Å². The van der Waals surface area contributed by atoms with E-state index >= 15 is 0 Å². The number of ether oxygens (including phenoxy) is 5. The molecule has 3 aliphatic rings. The van der Waals surface area contributed by atoms with Gasteiger partial charge in [-0.05, 0) is 31.2 Å². The van der Waals surface area contributed by atoms with E-state index in [9.17, 15) is 35.4 Å². The fraction of sp³-hybridized carbons (Fsp3) is 0.609. The summed E-state index contributed by atoms with van der Waals surface area (Å²) in [5, 5.41) is 60.6. The minimum atomic E-state index is -1.65. The molecule has 0 spiro atoms. The molecular weight excluding hydrogens is 468 g/mol. The number of phenolic OH excluding ortho intramolecular Hbond substituents is 1. The molecule has 1 aliphatic carbocycles. The Labute approximate surface area is 200 Å². The molecule has 35 heavy (non-hydrogen) atoms. The zero-order valence-electron chi connectivity index (χ0n) is 19.1. The Kier molecular flexibility index (Phi) is 7.25. The van der Waals surface area contributed by atoms with Gasteiger partial charge in [-0.25, -0.2) is 4.79 Å². The van der Waals surface area contributed by atoms with Gasteiger partial charge in [-0.2, -0.15) is 0 Å². The fourth-order valence-electron chi connectivity index (χ4n) is 4.90. The summed E-state index contributed by atoms with van der Waals surface area (Å²) in [5.74, 6) is -2.00. The minimum Gasteiger partial charge on any atom is -0.504 e. The maximum Gasteiger partial charge on any atom is 0.338 e. The zero-order chi connectivity index (χ0) is 25.5. The molecule has 0 aromatic heterocycles. The zero-order valence-corrected chi connectivity index (χ0v) is 19.1. The van der Waals surface area contributed by atoms with Crippen LogP contribution in [-0.4, -0.2) is 99.0 Å². The topological polar surface area (TPSA) is 185 Å². The maximum atomic E-state index is 12.8. The molecule has 12 nitrogen and oxygen atoms in total. The van der Waals surface area contributed by atoms with Gasteiger partial charge in [0.05, 0.1) is 37.1 Å². The SMILES string of the molecule is COc1cc(C(=O)OC2C[C@](C)(O)C3C(OC4OC(CO)C(O)C(O)C4O)OC=CC23)ccc1O. The number of hydrogen-bond donors (Lipinski definition) is 6. The molecule has 2 aliphatic heterocycles. The Hall–Kier alpha value is -2.45. The van der Waals surface area contributed by atoms with Crippen molar-refractivity contribution in [3.05, 3.63) is 36.1 Å². The molecule has 10 atom stereocenters. The second-order valence-corrected chi connectivity index (χ2v) is 9.16. The third kappa shape index (κ3) is 4.83. The van der Waals surface area contributed by atoms with Gasteiger partial charge in [0.25, 0.3) is 0 Å². The van der Waals surface area contributed by atoms with Crippen molar-refractivity contribution in [2.45, 2.75) is 62.0 Å². The number of hydrogen-bond acceptors (Lipinski definition) is 12. The number of benzene rings is 1. The predicted octanol–water partition coefficient (Wildman–Crippen LogP) is -1.00. The summed E-state index contributed by atoms with van der Waals surface area (Å²) >= 11 is 0. The van der Waals surface area contributed by atoms with E-state index in [0.29, 0.717) is 0 Å². The first-order valence-electron chi connectivity index (χ1n) is 11.2. The van der Waals surface area contributed by atoms with Crippen LogP contribution in [0.2, 0.25) is 0 Å². The highest BCUT2D eigenvalue weighted by Crippen LogP contribution is 2.48. The van der Waals surface area contributed by atoms with E-state index in [1.165, 1.54) is 38.5 Å². The molecule has 1 saturated carbocycles. The molecule has 0 bridgehead atoms. The normalized spacial score (nSPS) is 40.6. The van der Waals surface area contributed by atoms with E-state index in [1.807, 2.05) is 0 Å². The van der Waals surface area contributed by atoms with Crippen LogP contribution in [-0.2, 0) is 18.9 Å². The number of phenols is 1. The molecule has 1 aromatic carbocycles. The highest BCUT2D eigenvalue weighted by atomic mass is 16.8. The lowest BCUT2D eigenvalue weighted by atomic mass is 9.85. The molecule has 1 saturated heterocycles. The Morgan fingerprint density at radius 1 is 1.17 bits per heavy atom. The molecule has 4 rings (SSSR count). The first kappa shape index (κ1) is 25.6. The number of methoxy groups -OCH3 is 1. The molecule has 0 radical (unpaired) electrons.